The summed E-state index contributed by atoms with van der Waals surface area (Å²) in [5, 5.41) is 14.7. The summed E-state index contributed by atoms with van der Waals surface area (Å²) in [6, 6.07) is 7.17. The normalized spacial score (nSPS) is 11.0. The topological polar surface area (TPSA) is 102 Å². The maximum absolute atomic E-state index is 9.76. The molecular formula is C13H14N6OS. The number of anilines is 1. The molecule has 0 fully saturated rings. The Morgan fingerprint density at radius 2 is 2.14 bits per heavy atom. The number of aryl methyl sites for hydroxylation is 1. The summed E-state index contributed by atoms with van der Waals surface area (Å²) in [4.78, 5) is 9.64. The van der Waals surface area contributed by atoms with Crippen LogP contribution in [0.2, 0.25) is 0 Å². The van der Waals surface area contributed by atoms with Gasteiger partial charge in [-0.15, -0.1) is 11.8 Å². The molecule has 0 saturated carbocycles. The Hall–Kier alpha value is -2.32. The lowest BCUT2D eigenvalue weighted by Crippen LogP contribution is -2.11. The molecule has 8 heteroatoms. The first kappa shape index (κ1) is 13.7. The van der Waals surface area contributed by atoms with Gasteiger partial charge >= 0.3 is 0 Å². The molecule has 0 aliphatic rings. The molecule has 108 valence electrons. The molecule has 0 saturated heterocycles. The number of nitrogen functional groups attached to an aromatic ring is 1. The summed E-state index contributed by atoms with van der Waals surface area (Å²) in [5.74, 6) is 7.43. The Morgan fingerprint density at radius 1 is 1.33 bits per heavy atom. The van der Waals surface area contributed by atoms with E-state index >= 15 is 0 Å². The number of hydrazine groups is 1. The minimum Gasteiger partial charge on any atom is -0.507 e. The highest BCUT2D eigenvalue weighted by atomic mass is 32.2. The van der Waals surface area contributed by atoms with E-state index in [1.54, 1.807) is 23.0 Å². The molecule has 0 spiro atoms. The number of nitrogens with zero attached hydrogens (tertiary/aromatic N) is 4. The van der Waals surface area contributed by atoms with Crippen LogP contribution in [0.25, 0.3) is 11.0 Å². The average Bonchev–Trinajstić information content (AvgIpc) is 2.87. The number of nitrogens with one attached hydrogen (secondary N) is 1. The number of benzene rings is 1. The van der Waals surface area contributed by atoms with Crippen LogP contribution < -0.4 is 11.3 Å². The summed E-state index contributed by atoms with van der Waals surface area (Å²) >= 11 is 1.46. The highest BCUT2D eigenvalue weighted by Crippen LogP contribution is 2.30. The Labute approximate surface area is 125 Å². The molecule has 2 heterocycles. The maximum Gasteiger partial charge on any atom is 0.163 e. The number of aromatic nitrogens is 4. The zero-order chi connectivity index (χ0) is 14.8. The van der Waals surface area contributed by atoms with Crippen LogP contribution in [0.5, 0.6) is 5.75 Å². The number of thioether (sulfide) groups is 1. The van der Waals surface area contributed by atoms with Crippen molar-refractivity contribution in [1.82, 2.24) is 19.7 Å². The van der Waals surface area contributed by atoms with Gasteiger partial charge in [0.25, 0.3) is 0 Å². The van der Waals surface area contributed by atoms with Gasteiger partial charge < -0.3 is 10.5 Å². The van der Waals surface area contributed by atoms with Crippen molar-refractivity contribution in [3.8, 4) is 5.75 Å². The van der Waals surface area contributed by atoms with Gasteiger partial charge in [0.2, 0.25) is 0 Å². The SMILES string of the molecule is Cn1ncc2c(NN)nc(CSc3ccccc3O)nc21. The summed E-state index contributed by atoms with van der Waals surface area (Å²) in [5.41, 5.74) is 3.28. The Balaban J connectivity index is 1.90. The second-order valence-electron chi connectivity index (χ2n) is 4.39. The molecule has 0 radical (unpaired) electrons. The zero-order valence-corrected chi connectivity index (χ0v) is 12.1. The van der Waals surface area contributed by atoms with Crippen molar-refractivity contribution in [3.05, 3.63) is 36.3 Å². The fourth-order valence-corrected chi connectivity index (χ4v) is 2.77. The number of rotatable bonds is 4. The highest BCUT2D eigenvalue weighted by molar-refractivity contribution is 7.98. The standard InChI is InChI=1S/C13H14N6OS/c1-19-13-8(6-15-19)12(18-14)16-11(17-13)7-21-10-5-3-2-4-9(10)20/h2-6,20H,7,14H2,1H3,(H,16,17,18). The van der Waals surface area contributed by atoms with Crippen LogP contribution in [0.4, 0.5) is 5.82 Å². The van der Waals surface area contributed by atoms with E-state index in [0.717, 1.165) is 10.3 Å². The lowest BCUT2D eigenvalue weighted by molar-refractivity contribution is 0.462. The molecule has 0 atom stereocenters. The molecule has 3 aromatic rings. The van der Waals surface area contributed by atoms with E-state index in [2.05, 4.69) is 20.5 Å². The Bertz CT molecular complexity index is 787. The van der Waals surface area contributed by atoms with Crippen molar-refractivity contribution < 1.29 is 5.11 Å². The van der Waals surface area contributed by atoms with Crippen LogP contribution in [-0.2, 0) is 12.8 Å². The van der Waals surface area contributed by atoms with Crippen molar-refractivity contribution in [1.29, 1.82) is 0 Å². The van der Waals surface area contributed by atoms with Gasteiger partial charge in [0.05, 0.1) is 17.3 Å². The van der Waals surface area contributed by atoms with E-state index < -0.39 is 0 Å². The summed E-state index contributed by atoms with van der Waals surface area (Å²) in [7, 11) is 1.82. The second-order valence-corrected chi connectivity index (χ2v) is 5.41. The van der Waals surface area contributed by atoms with Gasteiger partial charge in [-0.1, -0.05) is 12.1 Å². The number of aromatic hydroxyl groups is 1. The lowest BCUT2D eigenvalue weighted by atomic mass is 10.3. The van der Waals surface area contributed by atoms with Gasteiger partial charge in [0.1, 0.15) is 11.6 Å². The molecule has 1 aromatic carbocycles. The number of phenolic OH excluding ortho intramolecular Hbond substituents is 1. The van der Waals surface area contributed by atoms with Gasteiger partial charge in [-0.3, -0.25) is 4.68 Å². The minimum atomic E-state index is 0.251. The van der Waals surface area contributed by atoms with Crippen LogP contribution in [0.15, 0.2) is 35.4 Å². The molecule has 0 bridgehead atoms. The molecule has 0 aliphatic carbocycles. The summed E-state index contributed by atoms with van der Waals surface area (Å²) in [6.07, 6.45) is 1.67. The molecule has 2 aromatic heterocycles. The second kappa shape index (κ2) is 5.58. The first-order valence-electron chi connectivity index (χ1n) is 6.25. The van der Waals surface area contributed by atoms with Crippen molar-refractivity contribution in [2.24, 2.45) is 12.9 Å². The van der Waals surface area contributed by atoms with Crippen molar-refractivity contribution in [2.45, 2.75) is 10.6 Å². The minimum absolute atomic E-state index is 0.251. The highest BCUT2D eigenvalue weighted by Gasteiger charge is 2.11. The monoisotopic (exact) mass is 302 g/mol. The number of fused-ring (bicyclic) bond motifs is 1. The molecule has 0 aliphatic heterocycles. The maximum atomic E-state index is 9.76. The predicted octanol–water partition coefficient (Wildman–Crippen LogP) is 1.65. The molecule has 7 nitrogen and oxygen atoms in total. The number of hydrogen-bond donors (Lipinski definition) is 3. The van der Waals surface area contributed by atoms with Crippen LogP contribution >= 0.6 is 11.8 Å². The van der Waals surface area contributed by atoms with E-state index in [-0.39, 0.29) is 5.75 Å². The van der Waals surface area contributed by atoms with Crippen molar-refractivity contribution in [2.75, 3.05) is 5.43 Å². The van der Waals surface area contributed by atoms with E-state index in [0.29, 0.717) is 23.0 Å². The molecule has 4 N–H and O–H groups in total. The largest absolute Gasteiger partial charge is 0.507 e. The van der Waals surface area contributed by atoms with Gasteiger partial charge in [-0.2, -0.15) is 5.10 Å². The fraction of sp³-hybridized carbons (Fsp3) is 0.154. The van der Waals surface area contributed by atoms with E-state index in [1.165, 1.54) is 11.8 Å². The molecular weight excluding hydrogens is 288 g/mol. The summed E-state index contributed by atoms with van der Waals surface area (Å²) in [6.45, 7) is 0. The Kier molecular flexibility index (Phi) is 3.63. The lowest BCUT2D eigenvalue weighted by Gasteiger charge is -2.06. The van der Waals surface area contributed by atoms with Crippen LogP contribution in [0, 0.1) is 0 Å². The first-order chi connectivity index (χ1) is 10.2. The first-order valence-corrected chi connectivity index (χ1v) is 7.23. The van der Waals surface area contributed by atoms with Crippen molar-refractivity contribution >= 4 is 28.6 Å². The van der Waals surface area contributed by atoms with Crippen LogP contribution in [0.1, 0.15) is 5.82 Å². The molecule has 0 unspecified atom stereocenters. The molecule has 0 amide bonds. The van der Waals surface area contributed by atoms with Crippen LogP contribution in [0.3, 0.4) is 0 Å². The van der Waals surface area contributed by atoms with E-state index in [9.17, 15) is 5.11 Å². The smallest absolute Gasteiger partial charge is 0.163 e. The van der Waals surface area contributed by atoms with Gasteiger partial charge in [-0.05, 0) is 12.1 Å². The third-order valence-electron chi connectivity index (χ3n) is 3.00. The Morgan fingerprint density at radius 3 is 2.90 bits per heavy atom. The van der Waals surface area contributed by atoms with Crippen LogP contribution in [-0.4, -0.2) is 24.9 Å². The van der Waals surface area contributed by atoms with E-state index in [1.807, 2.05) is 19.2 Å². The number of nitrogens with two attached hydrogens (primary N) is 1. The number of phenols is 1. The van der Waals surface area contributed by atoms with Crippen molar-refractivity contribution in [3.63, 3.8) is 0 Å². The quantitative estimate of drug-likeness (QED) is 0.382. The summed E-state index contributed by atoms with van der Waals surface area (Å²) < 4.78 is 1.67. The predicted molar refractivity (Wildman–Crippen MR) is 81.8 cm³/mol. The van der Waals surface area contributed by atoms with Gasteiger partial charge in [-0.25, -0.2) is 15.8 Å². The average molecular weight is 302 g/mol. The molecule has 3 rings (SSSR count). The van der Waals surface area contributed by atoms with E-state index in [4.69, 9.17) is 5.84 Å². The fourth-order valence-electron chi connectivity index (χ4n) is 1.96. The van der Waals surface area contributed by atoms with Gasteiger partial charge in [0.15, 0.2) is 11.5 Å². The number of hydrogen-bond acceptors (Lipinski definition) is 7. The number of para-hydroxylation sites is 1. The third kappa shape index (κ3) is 2.63. The third-order valence-corrected chi connectivity index (χ3v) is 4.06. The molecule has 21 heavy (non-hydrogen) atoms. The van der Waals surface area contributed by atoms with Gasteiger partial charge in [0, 0.05) is 11.9 Å². The zero-order valence-electron chi connectivity index (χ0n) is 11.3.